The second kappa shape index (κ2) is 6.76. The van der Waals surface area contributed by atoms with E-state index < -0.39 is 5.60 Å². The topological polar surface area (TPSA) is 50.8 Å². The van der Waals surface area contributed by atoms with Crippen LogP contribution in [0.3, 0.4) is 0 Å². The maximum atomic E-state index is 11.7. The predicted octanol–water partition coefficient (Wildman–Crippen LogP) is 2.01. The van der Waals surface area contributed by atoms with Crippen LogP contribution in [0.25, 0.3) is 0 Å². The minimum Gasteiger partial charge on any atom is -0.444 e. The van der Waals surface area contributed by atoms with Gasteiger partial charge in [-0.05, 0) is 46.0 Å². The molecule has 2 fully saturated rings. The van der Waals surface area contributed by atoms with Crippen molar-refractivity contribution in [3.05, 3.63) is 0 Å². The van der Waals surface area contributed by atoms with E-state index in [0.29, 0.717) is 0 Å². The standard InChI is InChI=1S/C15H28N2O3/c1-15(2,3)20-14(18)16-13-4-7-17(11-13)10-12-5-8-19-9-6-12/h12-13H,4-11H2,1-3H3,(H,16,18)/t13-/m0/s1. The lowest BCUT2D eigenvalue weighted by Gasteiger charge is -2.27. The van der Waals surface area contributed by atoms with Crippen molar-refractivity contribution in [2.45, 2.75) is 51.7 Å². The Bertz CT molecular complexity index is 322. The Balaban J connectivity index is 1.68. The molecule has 0 spiro atoms. The van der Waals surface area contributed by atoms with E-state index in [1.165, 1.54) is 12.8 Å². The zero-order valence-electron chi connectivity index (χ0n) is 13.0. The van der Waals surface area contributed by atoms with Crippen molar-refractivity contribution in [3.8, 4) is 0 Å². The number of nitrogens with one attached hydrogen (secondary N) is 1. The minimum absolute atomic E-state index is 0.227. The largest absolute Gasteiger partial charge is 0.444 e. The van der Waals surface area contributed by atoms with Gasteiger partial charge in [0.25, 0.3) is 0 Å². The number of nitrogens with zero attached hydrogens (tertiary/aromatic N) is 1. The normalized spacial score (nSPS) is 25.6. The monoisotopic (exact) mass is 284 g/mol. The van der Waals surface area contributed by atoms with Gasteiger partial charge in [-0.15, -0.1) is 0 Å². The van der Waals surface area contributed by atoms with E-state index in [0.717, 1.165) is 45.2 Å². The molecule has 20 heavy (non-hydrogen) atoms. The molecule has 2 rings (SSSR count). The lowest BCUT2D eigenvalue weighted by atomic mass is 10.00. The van der Waals surface area contributed by atoms with Gasteiger partial charge >= 0.3 is 6.09 Å². The van der Waals surface area contributed by atoms with Crippen LogP contribution in [0.2, 0.25) is 0 Å². The first-order chi connectivity index (χ1) is 9.42. The summed E-state index contributed by atoms with van der Waals surface area (Å²) in [6.45, 7) is 10.6. The molecular formula is C15H28N2O3. The Labute approximate surface area is 122 Å². The van der Waals surface area contributed by atoms with Crippen molar-refractivity contribution in [2.75, 3.05) is 32.8 Å². The first kappa shape index (κ1) is 15.6. The predicted molar refractivity (Wildman–Crippen MR) is 77.8 cm³/mol. The van der Waals surface area contributed by atoms with Crippen LogP contribution < -0.4 is 5.32 Å². The highest BCUT2D eigenvalue weighted by Gasteiger charge is 2.27. The Kier molecular flexibility index (Phi) is 5.27. The molecule has 2 heterocycles. The number of rotatable bonds is 3. The summed E-state index contributed by atoms with van der Waals surface area (Å²) in [4.78, 5) is 14.2. The highest BCUT2D eigenvalue weighted by molar-refractivity contribution is 5.68. The quantitative estimate of drug-likeness (QED) is 0.861. The van der Waals surface area contributed by atoms with Gasteiger partial charge < -0.3 is 19.7 Å². The molecule has 0 aromatic heterocycles. The number of alkyl carbamates (subject to hydrolysis) is 1. The van der Waals surface area contributed by atoms with Crippen LogP contribution in [0.4, 0.5) is 4.79 Å². The van der Waals surface area contributed by atoms with Crippen molar-refractivity contribution in [2.24, 2.45) is 5.92 Å². The summed E-state index contributed by atoms with van der Waals surface area (Å²) in [5.41, 5.74) is -0.426. The highest BCUT2D eigenvalue weighted by atomic mass is 16.6. The smallest absolute Gasteiger partial charge is 0.407 e. The van der Waals surface area contributed by atoms with Gasteiger partial charge in [0.1, 0.15) is 5.60 Å². The van der Waals surface area contributed by atoms with Crippen LogP contribution >= 0.6 is 0 Å². The number of likely N-dealkylation sites (tertiary alicyclic amines) is 1. The van der Waals surface area contributed by atoms with Gasteiger partial charge in [-0.2, -0.15) is 0 Å². The summed E-state index contributed by atoms with van der Waals surface area (Å²) in [5, 5.41) is 2.98. The molecule has 5 nitrogen and oxygen atoms in total. The summed E-state index contributed by atoms with van der Waals surface area (Å²) in [6, 6.07) is 0.227. The van der Waals surface area contributed by atoms with Crippen LogP contribution in [-0.4, -0.2) is 55.5 Å². The number of carbonyl (C=O) groups excluding carboxylic acids is 1. The molecule has 0 unspecified atom stereocenters. The van der Waals surface area contributed by atoms with Crippen LogP contribution in [-0.2, 0) is 9.47 Å². The molecule has 116 valence electrons. The van der Waals surface area contributed by atoms with Gasteiger partial charge in [0.15, 0.2) is 0 Å². The van der Waals surface area contributed by atoms with E-state index in [-0.39, 0.29) is 12.1 Å². The summed E-state index contributed by atoms with van der Waals surface area (Å²) in [6.07, 6.45) is 3.06. The van der Waals surface area contributed by atoms with Crippen molar-refractivity contribution in [3.63, 3.8) is 0 Å². The number of hydrogen-bond donors (Lipinski definition) is 1. The van der Waals surface area contributed by atoms with Crippen LogP contribution in [0.15, 0.2) is 0 Å². The summed E-state index contributed by atoms with van der Waals surface area (Å²) in [5.74, 6) is 0.754. The SMILES string of the molecule is CC(C)(C)OC(=O)N[C@H]1CCN(CC2CCOCC2)C1. The van der Waals surface area contributed by atoms with E-state index in [1.54, 1.807) is 0 Å². The van der Waals surface area contributed by atoms with Crippen molar-refractivity contribution in [1.82, 2.24) is 10.2 Å². The molecule has 1 N–H and O–H groups in total. The third-order valence-corrected chi connectivity index (χ3v) is 3.85. The van der Waals surface area contributed by atoms with Crippen LogP contribution in [0, 0.1) is 5.92 Å². The molecule has 0 aromatic rings. The van der Waals surface area contributed by atoms with Crippen molar-refractivity contribution >= 4 is 6.09 Å². The van der Waals surface area contributed by atoms with E-state index >= 15 is 0 Å². The average molecular weight is 284 g/mol. The van der Waals surface area contributed by atoms with Gasteiger partial charge in [-0.1, -0.05) is 0 Å². The Morgan fingerprint density at radius 2 is 2.00 bits per heavy atom. The molecule has 1 amide bonds. The number of carbonyl (C=O) groups is 1. The third kappa shape index (κ3) is 5.29. The number of amides is 1. The van der Waals surface area contributed by atoms with Crippen LogP contribution in [0.5, 0.6) is 0 Å². The molecule has 0 aromatic carbocycles. The number of ether oxygens (including phenoxy) is 2. The molecule has 0 saturated carbocycles. The molecule has 2 aliphatic heterocycles. The lowest BCUT2D eigenvalue weighted by molar-refractivity contribution is 0.0495. The molecular weight excluding hydrogens is 256 g/mol. The fourth-order valence-corrected chi connectivity index (χ4v) is 2.88. The summed E-state index contributed by atoms with van der Waals surface area (Å²) in [7, 11) is 0. The molecule has 2 saturated heterocycles. The molecule has 0 bridgehead atoms. The molecule has 2 aliphatic rings. The first-order valence-corrected chi connectivity index (χ1v) is 7.72. The first-order valence-electron chi connectivity index (χ1n) is 7.72. The fraction of sp³-hybridized carbons (Fsp3) is 0.933. The molecule has 1 atom stereocenters. The second-order valence-corrected chi connectivity index (χ2v) is 6.95. The van der Waals surface area contributed by atoms with Crippen LogP contribution in [0.1, 0.15) is 40.0 Å². The van der Waals surface area contributed by atoms with Crippen molar-refractivity contribution < 1.29 is 14.3 Å². The van der Waals surface area contributed by atoms with Crippen molar-refractivity contribution in [1.29, 1.82) is 0 Å². The lowest BCUT2D eigenvalue weighted by Crippen LogP contribution is -2.41. The fourth-order valence-electron chi connectivity index (χ4n) is 2.88. The molecule has 0 radical (unpaired) electrons. The third-order valence-electron chi connectivity index (χ3n) is 3.85. The van der Waals surface area contributed by atoms with Gasteiger partial charge in [0.2, 0.25) is 0 Å². The molecule has 5 heteroatoms. The van der Waals surface area contributed by atoms with Gasteiger partial charge in [-0.25, -0.2) is 4.79 Å². The minimum atomic E-state index is -0.426. The Morgan fingerprint density at radius 1 is 1.30 bits per heavy atom. The number of hydrogen-bond acceptors (Lipinski definition) is 4. The highest BCUT2D eigenvalue weighted by Crippen LogP contribution is 2.19. The van der Waals surface area contributed by atoms with E-state index in [9.17, 15) is 4.79 Å². The second-order valence-electron chi connectivity index (χ2n) is 6.95. The maximum absolute atomic E-state index is 11.7. The Hall–Kier alpha value is -0.810. The van der Waals surface area contributed by atoms with E-state index in [4.69, 9.17) is 9.47 Å². The Morgan fingerprint density at radius 3 is 2.65 bits per heavy atom. The zero-order chi connectivity index (χ0) is 14.6. The summed E-state index contributed by atoms with van der Waals surface area (Å²) >= 11 is 0. The zero-order valence-corrected chi connectivity index (χ0v) is 13.0. The van der Waals surface area contributed by atoms with E-state index in [2.05, 4.69) is 10.2 Å². The van der Waals surface area contributed by atoms with E-state index in [1.807, 2.05) is 20.8 Å². The van der Waals surface area contributed by atoms with Gasteiger partial charge in [0.05, 0.1) is 0 Å². The maximum Gasteiger partial charge on any atom is 0.407 e. The van der Waals surface area contributed by atoms with Gasteiger partial charge in [0, 0.05) is 38.9 Å². The van der Waals surface area contributed by atoms with Gasteiger partial charge in [-0.3, -0.25) is 0 Å². The summed E-state index contributed by atoms with van der Waals surface area (Å²) < 4.78 is 10.7. The molecule has 0 aliphatic carbocycles. The average Bonchev–Trinajstić information content (AvgIpc) is 2.75.